The van der Waals surface area contributed by atoms with Crippen LogP contribution in [0.25, 0.3) is 0 Å². The number of carbonyl (C=O) groups excluding carboxylic acids is 1. The van der Waals surface area contributed by atoms with Crippen LogP contribution < -0.4 is 15.0 Å². The summed E-state index contributed by atoms with van der Waals surface area (Å²) in [6, 6.07) is 15.1. The summed E-state index contributed by atoms with van der Waals surface area (Å²) in [6.07, 6.45) is 2.78. The first kappa shape index (κ1) is 14.6. The molecule has 4 rings (SSSR count). The molecule has 1 amide bonds. The molecule has 4 nitrogen and oxygen atoms in total. The summed E-state index contributed by atoms with van der Waals surface area (Å²) in [5, 5.41) is 3.22. The average molecular weight is 296 g/mol. The van der Waals surface area contributed by atoms with Gasteiger partial charge in [-0.1, -0.05) is 24.3 Å². The smallest absolute Gasteiger partial charge is 0.228 e. The summed E-state index contributed by atoms with van der Waals surface area (Å²) < 4.78 is 5.76. The molecule has 2 aliphatic heterocycles. The maximum Gasteiger partial charge on any atom is 0.228 e. The van der Waals surface area contributed by atoms with Crippen LogP contribution in [0.4, 0.5) is 11.4 Å². The minimum atomic E-state index is -0.0202. The number of ether oxygens (including phenoxy) is 1. The average Bonchev–Trinajstić information content (AvgIpc) is 3.12. The van der Waals surface area contributed by atoms with Crippen molar-refractivity contribution < 1.29 is 9.53 Å². The Kier molecular flexibility index (Phi) is 4.39. The molecule has 0 bridgehead atoms. The predicted octanol–water partition coefficient (Wildman–Crippen LogP) is 3.85. The highest BCUT2D eigenvalue weighted by molar-refractivity contribution is 6.03. The summed E-state index contributed by atoms with van der Waals surface area (Å²) in [5.74, 6) is 1.40. The molecule has 2 aliphatic rings. The lowest BCUT2D eigenvalue weighted by Gasteiger charge is -2.30. The third-order valence-electron chi connectivity index (χ3n) is 3.70. The Labute approximate surface area is 130 Å². The molecule has 4 heteroatoms. The minimum absolute atomic E-state index is 0.0202. The van der Waals surface area contributed by atoms with E-state index in [1.807, 2.05) is 48.5 Å². The Morgan fingerprint density at radius 3 is 1.86 bits per heavy atom. The lowest BCUT2D eigenvalue weighted by molar-refractivity contribution is -0.115. The number of benzene rings is 2. The maximum absolute atomic E-state index is 11.8. The molecule has 0 saturated carbocycles. The zero-order valence-electron chi connectivity index (χ0n) is 12.7. The van der Waals surface area contributed by atoms with Gasteiger partial charge in [-0.05, 0) is 50.2 Å². The monoisotopic (exact) mass is 296 g/mol. The molecular formula is C18H20N2O2. The molecule has 1 N–H and O–H groups in total. The molecule has 2 aromatic carbocycles. The quantitative estimate of drug-likeness (QED) is 0.803. The number of hydrogen-bond acceptors (Lipinski definition) is 3. The summed E-state index contributed by atoms with van der Waals surface area (Å²) in [4.78, 5) is 13.5. The van der Waals surface area contributed by atoms with E-state index >= 15 is 0 Å². The van der Waals surface area contributed by atoms with E-state index in [1.54, 1.807) is 11.8 Å². The van der Waals surface area contributed by atoms with Gasteiger partial charge in [0.25, 0.3) is 0 Å². The van der Waals surface area contributed by atoms with Crippen LogP contribution in [0.15, 0.2) is 48.5 Å². The van der Waals surface area contributed by atoms with Gasteiger partial charge < -0.3 is 10.1 Å². The van der Waals surface area contributed by atoms with E-state index in [-0.39, 0.29) is 5.91 Å². The number of para-hydroxylation sites is 4. The van der Waals surface area contributed by atoms with Crippen molar-refractivity contribution in [2.45, 2.75) is 19.8 Å². The molecule has 0 spiro atoms. The van der Waals surface area contributed by atoms with Crippen molar-refractivity contribution in [2.24, 2.45) is 0 Å². The molecule has 1 saturated heterocycles. The van der Waals surface area contributed by atoms with E-state index in [1.165, 1.54) is 25.9 Å². The van der Waals surface area contributed by atoms with Gasteiger partial charge in [-0.2, -0.15) is 0 Å². The number of rotatable bonds is 0. The molecule has 0 aromatic heterocycles. The molecular weight excluding hydrogens is 276 g/mol. The van der Waals surface area contributed by atoms with E-state index in [4.69, 9.17) is 4.74 Å². The number of hydrogen-bond donors (Lipinski definition) is 1. The van der Waals surface area contributed by atoms with Crippen LogP contribution in [0, 0.1) is 0 Å². The SMILES string of the molecule is C1CCNC1.CC(=O)N1c2ccccc2Oc2ccccc21. The van der Waals surface area contributed by atoms with Crippen molar-refractivity contribution in [3.05, 3.63) is 48.5 Å². The van der Waals surface area contributed by atoms with Crippen LogP contribution in [0.2, 0.25) is 0 Å². The minimum Gasteiger partial charge on any atom is -0.453 e. The number of nitrogens with one attached hydrogen (secondary N) is 1. The van der Waals surface area contributed by atoms with E-state index in [0.29, 0.717) is 11.5 Å². The molecule has 0 radical (unpaired) electrons. The Morgan fingerprint density at radius 2 is 1.45 bits per heavy atom. The van der Waals surface area contributed by atoms with Gasteiger partial charge >= 0.3 is 0 Å². The summed E-state index contributed by atoms with van der Waals surface area (Å²) in [7, 11) is 0. The summed E-state index contributed by atoms with van der Waals surface area (Å²) in [5.41, 5.74) is 1.58. The Balaban J connectivity index is 0.000000246. The zero-order chi connectivity index (χ0) is 15.4. The van der Waals surface area contributed by atoms with Gasteiger partial charge in [0.15, 0.2) is 11.5 Å². The first-order chi connectivity index (χ1) is 10.8. The second kappa shape index (κ2) is 6.62. The topological polar surface area (TPSA) is 41.6 Å². The van der Waals surface area contributed by atoms with E-state index in [0.717, 1.165) is 11.4 Å². The van der Waals surface area contributed by atoms with Gasteiger partial charge in [0.05, 0.1) is 11.4 Å². The number of nitrogens with zero attached hydrogens (tertiary/aromatic N) is 1. The van der Waals surface area contributed by atoms with Crippen molar-refractivity contribution >= 4 is 17.3 Å². The lowest BCUT2D eigenvalue weighted by atomic mass is 10.1. The first-order valence-corrected chi connectivity index (χ1v) is 7.65. The van der Waals surface area contributed by atoms with E-state index in [9.17, 15) is 4.79 Å². The van der Waals surface area contributed by atoms with Crippen molar-refractivity contribution in [1.29, 1.82) is 0 Å². The molecule has 0 aliphatic carbocycles. The number of carbonyl (C=O) groups is 1. The number of anilines is 2. The fourth-order valence-electron chi connectivity index (χ4n) is 2.67. The van der Waals surface area contributed by atoms with Gasteiger partial charge in [-0.15, -0.1) is 0 Å². The second-order valence-electron chi connectivity index (χ2n) is 5.35. The summed E-state index contributed by atoms with van der Waals surface area (Å²) >= 11 is 0. The van der Waals surface area contributed by atoms with Gasteiger partial charge in [-0.3, -0.25) is 9.69 Å². The van der Waals surface area contributed by atoms with Crippen molar-refractivity contribution in [3.8, 4) is 11.5 Å². The molecule has 0 atom stereocenters. The van der Waals surface area contributed by atoms with Crippen molar-refractivity contribution in [2.75, 3.05) is 18.0 Å². The van der Waals surface area contributed by atoms with Crippen LogP contribution in [-0.4, -0.2) is 19.0 Å². The normalized spacial score (nSPS) is 15.0. The number of fused-ring (bicyclic) bond motifs is 2. The largest absolute Gasteiger partial charge is 0.453 e. The molecule has 1 fully saturated rings. The molecule has 0 unspecified atom stereocenters. The molecule has 2 heterocycles. The zero-order valence-corrected chi connectivity index (χ0v) is 12.7. The lowest BCUT2D eigenvalue weighted by Crippen LogP contribution is -2.25. The Hall–Kier alpha value is -2.33. The predicted molar refractivity (Wildman–Crippen MR) is 87.9 cm³/mol. The molecule has 2 aromatic rings. The number of amides is 1. The Bertz CT molecular complexity index is 613. The Morgan fingerprint density at radius 1 is 0.955 bits per heavy atom. The molecule has 22 heavy (non-hydrogen) atoms. The van der Waals surface area contributed by atoms with Gasteiger partial charge in [0, 0.05) is 6.92 Å². The first-order valence-electron chi connectivity index (χ1n) is 7.65. The van der Waals surface area contributed by atoms with Crippen molar-refractivity contribution in [3.63, 3.8) is 0 Å². The van der Waals surface area contributed by atoms with Gasteiger partial charge in [-0.25, -0.2) is 0 Å². The van der Waals surface area contributed by atoms with Crippen molar-refractivity contribution in [1.82, 2.24) is 5.32 Å². The highest BCUT2D eigenvalue weighted by Crippen LogP contribution is 2.46. The third-order valence-corrected chi connectivity index (χ3v) is 3.70. The third kappa shape index (κ3) is 2.97. The fourth-order valence-corrected chi connectivity index (χ4v) is 2.67. The van der Waals surface area contributed by atoms with Gasteiger partial charge in [0.2, 0.25) is 5.91 Å². The standard InChI is InChI=1S/C14H11NO2.C4H9N/c1-10(16)15-11-6-2-4-8-13(11)17-14-9-5-3-7-12(14)15;1-2-4-5-3-1/h2-9H,1H3;5H,1-4H2. The van der Waals surface area contributed by atoms with Crippen LogP contribution in [-0.2, 0) is 4.79 Å². The van der Waals surface area contributed by atoms with Crippen LogP contribution in [0.1, 0.15) is 19.8 Å². The maximum atomic E-state index is 11.8. The van der Waals surface area contributed by atoms with E-state index in [2.05, 4.69) is 5.32 Å². The van der Waals surface area contributed by atoms with Crippen LogP contribution in [0.5, 0.6) is 11.5 Å². The molecule has 114 valence electrons. The summed E-state index contributed by atoms with van der Waals surface area (Å²) in [6.45, 7) is 4.05. The fraction of sp³-hybridized carbons (Fsp3) is 0.278. The highest BCUT2D eigenvalue weighted by atomic mass is 16.5. The van der Waals surface area contributed by atoms with Crippen LogP contribution >= 0.6 is 0 Å². The highest BCUT2D eigenvalue weighted by Gasteiger charge is 2.26. The second-order valence-corrected chi connectivity index (χ2v) is 5.35. The van der Waals surface area contributed by atoms with Crippen LogP contribution in [0.3, 0.4) is 0 Å². The van der Waals surface area contributed by atoms with E-state index < -0.39 is 0 Å². The van der Waals surface area contributed by atoms with Gasteiger partial charge in [0.1, 0.15) is 0 Å².